The minimum atomic E-state index is -1.05. The Morgan fingerprint density at radius 1 is 1.16 bits per heavy atom. The zero-order valence-electron chi connectivity index (χ0n) is 14.3. The molecule has 0 saturated carbocycles. The van der Waals surface area contributed by atoms with Crippen LogP contribution in [0.2, 0.25) is 0 Å². The summed E-state index contributed by atoms with van der Waals surface area (Å²) in [7, 11) is 0. The number of nitro groups is 1. The van der Waals surface area contributed by atoms with Crippen LogP contribution in [0.25, 0.3) is 0 Å². The number of nitro benzene ring substituents is 1. The van der Waals surface area contributed by atoms with Crippen molar-refractivity contribution in [2.45, 2.75) is 26.4 Å². The molecule has 1 aliphatic heterocycles. The van der Waals surface area contributed by atoms with Crippen molar-refractivity contribution in [3.63, 3.8) is 0 Å². The lowest BCUT2D eigenvalue weighted by molar-refractivity contribution is -0.387. The molecule has 0 aromatic heterocycles. The van der Waals surface area contributed by atoms with E-state index < -0.39 is 34.0 Å². The number of carbonyl (C=O) groups is 2. The maximum absolute atomic E-state index is 13.7. The smallest absolute Gasteiger partial charge is 0.410 e. The van der Waals surface area contributed by atoms with Gasteiger partial charge in [-0.25, -0.2) is 4.79 Å². The Morgan fingerprint density at radius 2 is 1.72 bits per heavy atom. The van der Waals surface area contributed by atoms with E-state index in [1.807, 2.05) is 0 Å². The van der Waals surface area contributed by atoms with E-state index in [4.69, 9.17) is 4.74 Å². The highest BCUT2D eigenvalue weighted by atomic mass is 19.1. The second kappa shape index (κ2) is 7.04. The maximum Gasteiger partial charge on any atom is 0.410 e. The molecule has 25 heavy (non-hydrogen) atoms. The Labute approximate surface area is 144 Å². The molecular formula is C16H20FN3O5. The van der Waals surface area contributed by atoms with Crippen molar-refractivity contribution in [2.75, 3.05) is 26.2 Å². The van der Waals surface area contributed by atoms with Crippen LogP contribution in [0.3, 0.4) is 0 Å². The molecule has 0 radical (unpaired) electrons. The number of halogens is 1. The van der Waals surface area contributed by atoms with Gasteiger partial charge in [-0.1, -0.05) is 0 Å². The summed E-state index contributed by atoms with van der Waals surface area (Å²) in [6, 6.07) is 3.06. The van der Waals surface area contributed by atoms with Gasteiger partial charge < -0.3 is 14.5 Å². The number of amides is 2. The number of hydrogen-bond acceptors (Lipinski definition) is 5. The molecule has 136 valence electrons. The second-order valence-electron chi connectivity index (χ2n) is 6.68. The fourth-order valence-corrected chi connectivity index (χ4v) is 2.39. The van der Waals surface area contributed by atoms with Crippen LogP contribution in [-0.4, -0.2) is 58.5 Å². The van der Waals surface area contributed by atoms with Gasteiger partial charge in [0.05, 0.1) is 4.92 Å². The van der Waals surface area contributed by atoms with Crippen molar-refractivity contribution in [2.24, 2.45) is 0 Å². The van der Waals surface area contributed by atoms with Crippen molar-refractivity contribution in [3.05, 3.63) is 39.7 Å². The first-order valence-corrected chi connectivity index (χ1v) is 7.79. The summed E-state index contributed by atoms with van der Waals surface area (Å²) < 4.78 is 19.0. The van der Waals surface area contributed by atoms with Crippen LogP contribution in [0, 0.1) is 15.9 Å². The van der Waals surface area contributed by atoms with Crippen molar-refractivity contribution in [3.8, 4) is 0 Å². The number of nitrogens with zero attached hydrogens (tertiary/aromatic N) is 3. The zero-order chi connectivity index (χ0) is 18.8. The van der Waals surface area contributed by atoms with Gasteiger partial charge in [-0.3, -0.25) is 14.9 Å². The summed E-state index contributed by atoms with van der Waals surface area (Å²) in [5.41, 5.74) is -1.24. The van der Waals surface area contributed by atoms with Crippen LogP contribution in [0.5, 0.6) is 0 Å². The number of rotatable bonds is 2. The lowest BCUT2D eigenvalue weighted by Gasteiger charge is -2.35. The first-order chi connectivity index (χ1) is 11.6. The van der Waals surface area contributed by atoms with Gasteiger partial charge in [-0.15, -0.1) is 0 Å². The molecule has 2 rings (SSSR count). The van der Waals surface area contributed by atoms with E-state index in [2.05, 4.69) is 0 Å². The number of carbonyl (C=O) groups excluding carboxylic acids is 2. The van der Waals surface area contributed by atoms with E-state index >= 15 is 0 Å². The van der Waals surface area contributed by atoms with Gasteiger partial charge in [0, 0.05) is 37.8 Å². The SMILES string of the molecule is CC(C)(C)OC(=O)N1CCN(C(=O)c2ccc([N+](=O)[O-])c(F)c2)CC1. The summed E-state index contributed by atoms with van der Waals surface area (Å²) in [6.45, 7) is 6.47. The van der Waals surface area contributed by atoms with Crippen molar-refractivity contribution in [1.29, 1.82) is 0 Å². The first-order valence-electron chi connectivity index (χ1n) is 7.79. The lowest BCUT2D eigenvalue weighted by atomic mass is 10.1. The predicted molar refractivity (Wildman–Crippen MR) is 86.8 cm³/mol. The molecule has 0 aliphatic carbocycles. The molecule has 9 heteroatoms. The number of ether oxygens (including phenoxy) is 1. The van der Waals surface area contributed by atoms with Crippen LogP contribution in [0.1, 0.15) is 31.1 Å². The maximum atomic E-state index is 13.7. The molecule has 1 aromatic carbocycles. The van der Waals surface area contributed by atoms with Crippen molar-refractivity contribution < 1.29 is 23.6 Å². The number of benzene rings is 1. The Bertz CT molecular complexity index is 694. The fourth-order valence-electron chi connectivity index (χ4n) is 2.39. The minimum Gasteiger partial charge on any atom is -0.444 e. The zero-order valence-corrected chi connectivity index (χ0v) is 14.3. The lowest BCUT2D eigenvalue weighted by Crippen LogP contribution is -2.51. The van der Waals surface area contributed by atoms with Gasteiger partial charge in [0.25, 0.3) is 5.91 Å². The molecule has 0 N–H and O–H groups in total. The van der Waals surface area contributed by atoms with Gasteiger partial charge in [-0.05, 0) is 32.9 Å². The molecule has 0 bridgehead atoms. The van der Waals surface area contributed by atoms with Crippen LogP contribution in [-0.2, 0) is 4.74 Å². The van der Waals surface area contributed by atoms with E-state index in [-0.39, 0.29) is 18.7 Å². The van der Waals surface area contributed by atoms with Gasteiger partial charge >= 0.3 is 11.8 Å². The summed E-state index contributed by atoms with van der Waals surface area (Å²) in [5, 5.41) is 10.6. The molecule has 1 aliphatic rings. The first kappa shape index (κ1) is 18.6. The largest absolute Gasteiger partial charge is 0.444 e. The van der Waals surface area contributed by atoms with E-state index in [9.17, 15) is 24.1 Å². The van der Waals surface area contributed by atoms with Crippen LogP contribution in [0.4, 0.5) is 14.9 Å². The molecule has 8 nitrogen and oxygen atoms in total. The average molecular weight is 353 g/mol. The van der Waals surface area contributed by atoms with Gasteiger partial charge in [0.2, 0.25) is 5.82 Å². The highest BCUT2D eigenvalue weighted by Gasteiger charge is 2.28. The molecule has 1 fully saturated rings. The normalized spacial score (nSPS) is 15.0. The topological polar surface area (TPSA) is 93.0 Å². The van der Waals surface area contributed by atoms with Gasteiger partial charge in [0.15, 0.2) is 0 Å². The highest BCUT2D eigenvalue weighted by Crippen LogP contribution is 2.20. The van der Waals surface area contributed by atoms with E-state index in [0.717, 1.165) is 12.1 Å². The summed E-state index contributed by atoms with van der Waals surface area (Å²) in [6.07, 6.45) is -0.444. The Balaban J connectivity index is 1.99. The molecule has 1 saturated heterocycles. The Kier molecular flexibility index (Phi) is 5.24. The number of piperazine rings is 1. The number of hydrogen-bond donors (Lipinski definition) is 0. The van der Waals surface area contributed by atoms with Gasteiger partial charge in [0.1, 0.15) is 5.60 Å². The Morgan fingerprint density at radius 3 is 2.20 bits per heavy atom. The molecule has 2 amide bonds. The molecule has 0 spiro atoms. The van der Waals surface area contributed by atoms with Crippen molar-refractivity contribution >= 4 is 17.7 Å². The summed E-state index contributed by atoms with van der Waals surface area (Å²) >= 11 is 0. The molecule has 1 heterocycles. The van der Waals surface area contributed by atoms with Crippen LogP contribution in [0.15, 0.2) is 18.2 Å². The van der Waals surface area contributed by atoms with E-state index in [0.29, 0.717) is 13.1 Å². The fraction of sp³-hybridized carbons (Fsp3) is 0.500. The second-order valence-corrected chi connectivity index (χ2v) is 6.68. The van der Waals surface area contributed by atoms with Crippen LogP contribution < -0.4 is 0 Å². The predicted octanol–water partition coefficient (Wildman–Crippen LogP) is 2.43. The molecule has 0 unspecified atom stereocenters. The molecular weight excluding hydrogens is 333 g/mol. The third-order valence-electron chi connectivity index (χ3n) is 3.61. The highest BCUT2D eigenvalue weighted by molar-refractivity contribution is 5.94. The van der Waals surface area contributed by atoms with Crippen LogP contribution >= 0.6 is 0 Å². The van der Waals surface area contributed by atoms with E-state index in [1.165, 1.54) is 15.9 Å². The summed E-state index contributed by atoms with van der Waals surface area (Å²) in [4.78, 5) is 37.1. The van der Waals surface area contributed by atoms with Crippen molar-refractivity contribution in [1.82, 2.24) is 9.80 Å². The third kappa shape index (κ3) is 4.65. The average Bonchev–Trinajstić information content (AvgIpc) is 2.52. The quantitative estimate of drug-likeness (QED) is 0.601. The van der Waals surface area contributed by atoms with E-state index in [1.54, 1.807) is 20.8 Å². The summed E-state index contributed by atoms with van der Waals surface area (Å²) in [5.74, 6) is -1.49. The molecule has 1 aromatic rings. The Hall–Kier alpha value is -2.71. The molecule has 0 atom stereocenters. The minimum absolute atomic E-state index is 0.0359. The monoisotopic (exact) mass is 353 g/mol. The standard InChI is InChI=1S/C16H20FN3O5/c1-16(2,3)25-15(22)19-8-6-18(7-9-19)14(21)11-4-5-13(20(23)24)12(17)10-11/h4-5,10H,6-9H2,1-3H3. The van der Waals surface area contributed by atoms with Gasteiger partial charge in [-0.2, -0.15) is 4.39 Å². The third-order valence-corrected chi connectivity index (χ3v) is 3.61.